The van der Waals surface area contributed by atoms with E-state index < -0.39 is 10.0 Å². The van der Waals surface area contributed by atoms with Gasteiger partial charge in [0.2, 0.25) is 15.9 Å². The Morgan fingerprint density at radius 2 is 1.85 bits per heavy atom. The second-order valence-electron chi connectivity index (χ2n) is 8.66. The number of fused-ring (bicyclic) bond motifs is 1. The number of carbonyl (C=O) groups is 1. The fourth-order valence-corrected chi connectivity index (χ4v) is 6.00. The number of aryl methyl sites for hydroxylation is 1. The number of sulfonamides is 1. The molecule has 0 N–H and O–H groups in total. The topological polar surface area (TPSA) is 106 Å². The van der Waals surface area contributed by atoms with Crippen molar-refractivity contribution in [2.24, 2.45) is 5.92 Å². The van der Waals surface area contributed by atoms with Gasteiger partial charge in [-0.1, -0.05) is 35.5 Å². The number of hydrogen-bond acceptors (Lipinski definition) is 7. The van der Waals surface area contributed by atoms with Crippen LogP contribution in [0, 0.1) is 12.8 Å². The highest BCUT2D eigenvalue weighted by molar-refractivity contribution is 7.89. The average molecular weight is 483 g/mol. The lowest BCUT2D eigenvalue weighted by Gasteiger charge is -2.32. The SMILES string of the molecule is Cc1nc(CN2C(=O)COc3ccc(S(=O)(=O)N4CCC(Cc5ccccc5)CC4)cc32)no1. The summed E-state index contributed by atoms with van der Waals surface area (Å²) in [6, 6.07) is 14.9. The number of anilines is 1. The molecule has 2 aliphatic heterocycles. The van der Waals surface area contributed by atoms with E-state index in [0.29, 0.717) is 42.2 Å². The van der Waals surface area contributed by atoms with Crippen LogP contribution in [0.5, 0.6) is 5.75 Å². The van der Waals surface area contributed by atoms with Crippen LogP contribution in [0.2, 0.25) is 0 Å². The third kappa shape index (κ3) is 4.55. The Morgan fingerprint density at radius 1 is 1.09 bits per heavy atom. The molecule has 1 saturated heterocycles. The van der Waals surface area contributed by atoms with Crippen LogP contribution in [0.1, 0.15) is 30.1 Å². The highest BCUT2D eigenvalue weighted by atomic mass is 32.2. The minimum absolute atomic E-state index is 0.0704. The third-order valence-electron chi connectivity index (χ3n) is 6.32. The molecule has 0 spiro atoms. The van der Waals surface area contributed by atoms with E-state index in [2.05, 4.69) is 22.3 Å². The Morgan fingerprint density at radius 3 is 2.56 bits per heavy atom. The molecule has 1 aromatic heterocycles. The number of amides is 1. The zero-order chi connectivity index (χ0) is 23.7. The second-order valence-corrected chi connectivity index (χ2v) is 10.6. The zero-order valence-electron chi connectivity index (χ0n) is 18.9. The molecule has 34 heavy (non-hydrogen) atoms. The summed E-state index contributed by atoms with van der Waals surface area (Å²) in [7, 11) is -3.71. The van der Waals surface area contributed by atoms with Crippen LogP contribution >= 0.6 is 0 Å². The summed E-state index contributed by atoms with van der Waals surface area (Å²) in [6.07, 6.45) is 2.57. The van der Waals surface area contributed by atoms with Gasteiger partial charge >= 0.3 is 0 Å². The van der Waals surface area contributed by atoms with Gasteiger partial charge in [0.05, 0.1) is 17.1 Å². The van der Waals surface area contributed by atoms with E-state index in [-0.39, 0.29) is 24.0 Å². The molecule has 0 bridgehead atoms. The molecule has 2 aromatic carbocycles. The first-order chi connectivity index (χ1) is 16.4. The molecule has 3 aromatic rings. The molecule has 0 aliphatic carbocycles. The number of aromatic nitrogens is 2. The van der Waals surface area contributed by atoms with E-state index in [1.165, 1.54) is 26.9 Å². The largest absolute Gasteiger partial charge is 0.482 e. The van der Waals surface area contributed by atoms with Crippen molar-refractivity contribution in [3.8, 4) is 5.75 Å². The average Bonchev–Trinajstić information content (AvgIpc) is 3.26. The monoisotopic (exact) mass is 482 g/mol. The summed E-state index contributed by atoms with van der Waals surface area (Å²) >= 11 is 0. The van der Waals surface area contributed by atoms with E-state index in [1.54, 1.807) is 13.0 Å². The number of rotatable bonds is 6. The summed E-state index contributed by atoms with van der Waals surface area (Å²) < 4.78 is 38.9. The molecule has 2 aliphatic rings. The van der Waals surface area contributed by atoms with Crippen molar-refractivity contribution in [1.29, 1.82) is 0 Å². The highest BCUT2D eigenvalue weighted by Gasteiger charge is 2.33. The van der Waals surface area contributed by atoms with Crippen molar-refractivity contribution < 1.29 is 22.5 Å². The van der Waals surface area contributed by atoms with Crippen LogP contribution in [0.15, 0.2) is 57.9 Å². The first kappa shape index (κ1) is 22.5. The second kappa shape index (κ2) is 9.19. The quantitative estimate of drug-likeness (QED) is 0.532. The van der Waals surface area contributed by atoms with Crippen LogP contribution in [-0.4, -0.2) is 48.5 Å². The lowest BCUT2D eigenvalue weighted by molar-refractivity contribution is -0.121. The summed E-state index contributed by atoms with van der Waals surface area (Å²) in [6.45, 7) is 2.54. The Labute approximate surface area is 198 Å². The van der Waals surface area contributed by atoms with Crippen molar-refractivity contribution in [2.45, 2.75) is 37.6 Å². The molecule has 10 heteroatoms. The van der Waals surface area contributed by atoms with Gasteiger partial charge in [-0.25, -0.2) is 8.42 Å². The Kier molecular flexibility index (Phi) is 6.09. The number of piperidine rings is 1. The normalized spacial score (nSPS) is 17.4. The van der Waals surface area contributed by atoms with Crippen LogP contribution in [0.3, 0.4) is 0 Å². The van der Waals surface area contributed by atoms with Crippen molar-refractivity contribution in [1.82, 2.24) is 14.4 Å². The van der Waals surface area contributed by atoms with Gasteiger partial charge < -0.3 is 9.26 Å². The molecule has 3 heterocycles. The standard InChI is InChI=1S/C24H26N4O5S/c1-17-25-23(26-33-17)15-28-21-14-20(7-8-22(21)32-16-24(28)29)34(30,31)27-11-9-19(10-12-27)13-18-5-3-2-4-6-18/h2-8,14,19H,9-13,15-16H2,1H3. The Hall–Kier alpha value is -3.24. The fraction of sp³-hybridized carbons (Fsp3) is 0.375. The molecule has 0 saturated carbocycles. The van der Waals surface area contributed by atoms with Gasteiger partial charge in [0.15, 0.2) is 12.4 Å². The number of benzene rings is 2. The van der Waals surface area contributed by atoms with Gasteiger partial charge in [0.25, 0.3) is 5.91 Å². The van der Waals surface area contributed by atoms with Gasteiger partial charge in [-0.2, -0.15) is 9.29 Å². The predicted molar refractivity (Wildman–Crippen MR) is 124 cm³/mol. The molecule has 1 fully saturated rings. The number of carbonyl (C=O) groups excluding carboxylic acids is 1. The lowest BCUT2D eigenvalue weighted by Crippen LogP contribution is -2.40. The summed E-state index contributed by atoms with van der Waals surface area (Å²) in [5.41, 5.74) is 1.67. The van der Waals surface area contributed by atoms with Gasteiger partial charge in [-0.3, -0.25) is 9.69 Å². The third-order valence-corrected chi connectivity index (χ3v) is 8.22. The fourth-order valence-electron chi connectivity index (χ4n) is 4.51. The molecule has 1 amide bonds. The van der Waals surface area contributed by atoms with Crippen molar-refractivity contribution in [3.05, 3.63) is 65.8 Å². The van der Waals surface area contributed by atoms with E-state index >= 15 is 0 Å². The maximum Gasteiger partial charge on any atom is 0.265 e. The van der Waals surface area contributed by atoms with E-state index in [9.17, 15) is 13.2 Å². The van der Waals surface area contributed by atoms with Crippen LogP contribution in [-0.2, 0) is 27.8 Å². The summed E-state index contributed by atoms with van der Waals surface area (Å²) in [5.74, 6) is 1.33. The highest BCUT2D eigenvalue weighted by Crippen LogP contribution is 2.36. The van der Waals surface area contributed by atoms with E-state index in [1.807, 2.05) is 18.2 Å². The van der Waals surface area contributed by atoms with Gasteiger partial charge in [0, 0.05) is 20.0 Å². The van der Waals surface area contributed by atoms with Crippen molar-refractivity contribution in [2.75, 3.05) is 24.6 Å². The molecule has 178 valence electrons. The number of nitrogens with zero attached hydrogens (tertiary/aromatic N) is 4. The van der Waals surface area contributed by atoms with E-state index in [4.69, 9.17) is 9.26 Å². The molecule has 0 atom stereocenters. The summed E-state index contributed by atoms with van der Waals surface area (Å²) in [5, 5.41) is 3.85. The molecule has 0 radical (unpaired) electrons. The van der Waals surface area contributed by atoms with Crippen LogP contribution < -0.4 is 9.64 Å². The van der Waals surface area contributed by atoms with E-state index in [0.717, 1.165) is 19.3 Å². The van der Waals surface area contributed by atoms with Crippen LogP contribution in [0.4, 0.5) is 5.69 Å². The lowest BCUT2D eigenvalue weighted by atomic mass is 9.91. The Balaban J connectivity index is 1.33. The molecular formula is C24H26N4O5S. The molecular weight excluding hydrogens is 456 g/mol. The van der Waals surface area contributed by atoms with Crippen molar-refractivity contribution in [3.63, 3.8) is 0 Å². The first-order valence-electron chi connectivity index (χ1n) is 11.3. The van der Waals surface area contributed by atoms with Crippen LogP contribution in [0.25, 0.3) is 0 Å². The summed E-state index contributed by atoms with van der Waals surface area (Å²) in [4.78, 5) is 18.3. The molecule has 5 rings (SSSR count). The minimum Gasteiger partial charge on any atom is -0.482 e. The maximum atomic E-state index is 13.4. The molecule has 9 nitrogen and oxygen atoms in total. The molecule has 0 unspecified atom stereocenters. The number of ether oxygens (including phenoxy) is 1. The minimum atomic E-state index is -3.71. The number of hydrogen-bond donors (Lipinski definition) is 0. The van der Waals surface area contributed by atoms with Gasteiger partial charge in [-0.05, 0) is 48.9 Å². The zero-order valence-corrected chi connectivity index (χ0v) is 19.7. The van der Waals surface area contributed by atoms with Gasteiger partial charge in [0.1, 0.15) is 5.75 Å². The maximum absolute atomic E-state index is 13.4. The van der Waals surface area contributed by atoms with Gasteiger partial charge in [-0.15, -0.1) is 0 Å². The first-order valence-corrected chi connectivity index (χ1v) is 12.7. The Bertz CT molecular complexity index is 1280. The van der Waals surface area contributed by atoms with Crippen molar-refractivity contribution >= 4 is 21.6 Å². The predicted octanol–water partition coefficient (Wildman–Crippen LogP) is 2.95. The smallest absolute Gasteiger partial charge is 0.265 e.